The Balaban J connectivity index is 1.60. The van der Waals surface area contributed by atoms with E-state index in [-0.39, 0.29) is 18.3 Å². The van der Waals surface area contributed by atoms with Gasteiger partial charge in [0.25, 0.3) is 0 Å². The summed E-state index contributed by atoms with van der Waals surface area (Å²) in [4.78, 5) is 14.2. The van der Waals surface area contributed by atoms with E-state index in [2.05, 4.69) is 11.4 Å². The molecule has 0 bridgehead atoms. The van der Waals surface area contributed by atoms with E-state index < -0.39 is 0 Å². The minimum absolute atomic E-state index is 0.0310. The minimum atomic E-state index is -0.245. The number of aryl methyl sites for hydroxylation is 1. The van der Waals surface area contributed by atoms with Crippen LogP contribution in [0.3, 0.4) is 0 Å². The molecule has 0 saturated heterocycles. The summed E-state index contributed by atoms with van der Waals surface area (Å²) in [7, 11) is 0. The molecule has 0 fully saturated rings. The zero-order valence-electron chi connectivity index (χ0n) is 12.4. The lowest BCUT2D eigenvalue weighted by Crippen LogP contribution is -2.41. The van der Waals surface area contributed by atoms with E-state index in [1.165, 1.54) is 11.6 Å². The van der Waals surface area contributed by atoms with Gasteiger partial charge in [0, 0.05) is 24.3 Å². The van der Waals surface area contributed by atoms with Gasteiger partial charge in [-0.25, -0.2) is 4.39 Å². The van der Waals surface area contributed by atoms with Crippen LogP contribution in [0.15, 0.2) is 48.5 Å². The highest BCUT2D eigenvalue weighted by atomic mass is 19.1. The monoisotopic (exact) mass is 298 g/mol. The van der Waals surface area contributed by atoms with Gasteiger partial charge in [-0.15, -0.1) is 0 Å². The molecule has 1 amide bonds. The standard InChI is InChI=1S/C18H19FN2O/c19-16-9-3-1-7-15(16)12-20-13-18(22)21-11-5-8-14-6-2-4-10-17(14)21/h1-4,6-7,9-10,20H,5,8,11-13H2. The summed E-state index contributed by atoms with van der Waals surface area (Å²) in [6.07, 6.45) is 2.00. The first kappa shape index (κ1) is 14.7. The van der Waals surface area contributed by atoms with Gasteiger partial charge in [-0.3, -0.25) is 4.79 Å². The second-order valence-electron chi connectivity index (χ2n) is 5.47. The zero-order valence-corrected chi connectivity index (χ0v) is 12.4. The molecule has 1 heterocycles. The molecule has 3 nitrogen and oxygen atoms in total. The number of hydrogen-bond donors (Lipinski definition) is 1. The van der Waals surface area contributed by atoms with E-state index >= 15 is 0 Å². The molecule has 0 aliphatic carbocycles. The molecule has 0 unspecified atom stereocenters. The van der Waals surface area contributed by atoms with Crippen LogP contribution in [0.1, 0.15) is 17.5 Å². The van der Waals surface area contributed by atoms with Crippen LogP contribution in [0.2, 0.25) is 0 Å². The number of nitrogens with zero attached hydrogens (tertiary/aromatic N) is 1. The highest BCUT2D eigenvalue weighted by Gasteiger charge is 2.21. The largest absolute Gasteiger partial charge is 0.311 e. The van der Waals surface area contributed by atoms with E-state index in [1.807, 2.05) is 23.1 Å². The SMILES string of the molecule is O=C(CNCc1ccccc1F)N1CCCc2ccccc21. The number of anilines is 1. The van der Waals surface area contributed by atoms with Crippen molar-refractivity contribution in [1.82, 2.24) is 5.32 Å². The molecular weight excluding hydrogens is 279 g/mol. The van der Waals surface area contributed by atoms with Crippen LogP contribution in [0.5, 0.6) is 0 Å². The van der Waals surface area contributed by atoms with Crippen LogP contribution in [0.25, 0.3) is 0 Å². The summed E-state index contributed by atoms with van der Waals surface area (Å²) in [6, 6.07) is 14.6. The van der Waals surface area contributed by atoms with Crippen molar-refractivity contribution in [3.05, 3.63) is 65.5 Å². The van der Waals surface area contributed by atoms with Crippen molar-refractivity contribution in [2.75, 3.05) is 18.0 Å². The molecule has 1 aliphatic rings. The van der Waals surface area contributed by atoms with Gasteiger partial charge in [0.2, 0.25) is 5.91 Å². The summed E-state index contributed by atoms with van der Waals surface area (Å²) in [6.45, 7) is 1.31. The van der Waals surface area contributed by atoms with Crippen molar-refractivity contribution >= 4 is 11.6 Å². The zero-order chi connectivity index (χ0) is 15.4. The Hall–Kier alpha value is -2.20. The molecule has 3 rings (SSSR count). The maximum atomic E-state index is 13.5. The van der Waals surface area contributed by atoms with Crippen molar-refractivity contribution in [3.8, 4) is 0 Å². The number of amides is 1. The number of hydrogen-bond acceptors (Lipinski definition) is 2. The lowest BCUT2D eigenvalue weighted by molar-refractivity contribution is -0.117. The second kappa shape index (κ2) is 6.71. The molecular formula is C18H19FN2O. The highest BCUT2D eigenvalue weighted by molar-refractivity contribution is 5.95. The molecule has 0 saturated carbocycles. The first-order valence-corrected chi connectivity index (χ1v) is 7.58. The number of para-hydroxylation sites is 1. The summed E-state index contributed by atoms with van der Waals surface area (Å²) in [5, 5.41) is 3.04. The van der Waals surface area contributed by atoms with Gasteiger partial charge in [0.05, 0.1) is 6.54 Å². The van der Waals surface area contributed by atoms with Gasteiger partial charge in [-0.1, -0.05) is 36.4 Å². The van der Waals surface area contributed by atoms with Gasteiger partial charge in [-0.2, -0.15) is 0 Å². The first-order chi connectivity index (χ1) is 10.8. The first-order valence-electron chi connectivity index (χ1n) is 7.58. The Bertz CT molecular complexity index is 672. The van der Waals surface area contributed by atoms with E-state index in [0.29, 0.717) is 12.1 Å². The Labute approximate surface area is 129 Å². The average molecular weight is 298 g/mol. The maximum absolute atomic E-state index is 13.5. The molecule has 0 atom stereocenters. The number of nitrogens with one attached hydrogen (secondary N) is 1. The Kier molecular flexibility index (Phi) is 4.49. The quantitative estimate of drug-likeness (QED) is 0.941. The molecule has 114 valence electrons. The van der Waals surface area contributed by atoms with E-state index in [0.717, 1.165) is 25.1 Å². The van der Waals surface area contributed by atoms with Crippen LogP contribution < -0.4 is 10.2 Å². The van der Waals surface area contributed by atoms with Crippen LogP contribution >= 0.6 is 0 Å². The third-order valence-electron chi connectivity index (χ3n) is 3.96. The lowest BCUT2D eigenvalue weighted by atomic mass is 10.0. The number of carbonyl (C=O) groups excluding carboxylic acids is 1. The minimum Gasteiger partial charge on any atom is -0.311 e. The van der Waals surface area contributed by atoms with Crippen molar-refractivity contribution in [1.29, 1.82) is 0 Å². The number of fused-ring (bicyclic) bond motifs is 1. The van der Waals surface area contributed by atoms with Crippen LogP contribution in [0.4, 0.5) is 10.1 Å². The molecule has 2 aromatic rings. The van der Waals surface area contributed by atoms with Gasteiger partial charge in [-0.05, 0) is 30.5 Å². The maximum Gasteiger partial charge on any atom is 0.240 e. The highest BCUT2D eigenvalue weighted by Crippen LogP contribution is 2.26. The van der Waals surface area contributed by atoms with Gasteiger partial charge < -0.3 is 10.2 Å². The van der Waals surface area contributed by atoms with Gasteiger partial charge in [0.1, 0.15) is 5.82 Å². The Morgan fingerprint density at radius 2 is 1.91 bits per heavy atom. The molecule has 0 spiro atoms. The van der Waals surface area contributed by atoms with Crippen LogP contribution in [0, 0.1) is 5.82 Å². The van der Waals surface area contributed by atoms with Crippen molar-refractivity contribution in [2.45, 2.75) is 19.4 Å². The van der Waals surface area contributed by atoms with E-state index in [1.54, 1.807) is 18.2 Å². The van der Waals surface area contributed by atoms with Crippen LogP contribution in [-0.2, 0) is 17.8 Å². The van der Waals surface area contributed by atoms with Gasteiger partial charge >= 0.3 is 0 Å². The van der Waals surface area contributed by atoms with Crippen LogP contribution in [-0.4, -0.2) is 19.0 Å². The normalized spacial score (nSPS) is 13.8. The fraction of sp³-hybridized carbons (Fsp3) is 0.278. The summed E-state index contributed by atoms with van der Waals surface area (Å²) in [5.41, 5.74) is 2.80. The fourth-order valence-electron chi connectivity index (χ4n) is 2.83. The molecule has 1 aliphatic heterocycles. The number of benzene rings is 2. The summed E-state index contributed by atoms with van der Waals surface area (Å²) in [5.74, 6) is -0.214. The molecule has 2 aromatic carbocycles. The van der Waals surface area contributed by atoms with Crippen molar-refractivity contribution in [3.63, 3.8) is 0 Å². The Morgan fingerprint density at radius 1 is 1.14 bits per heavy atom. The number of halogens is 1. The molecule has 0 aromatic heterocycles. The topological polar surface area (TPSA) is 32.3 Å². The molecule has 22 heavy (non-hydrogen) atoms. The second-order valence-corrected chi connectivity index (χ2v) is 5.47. The molecule has 4 heteroatoms. The van der Waals surface area contributed by atoms with E-state index in [4.69, 9.17) is 0 Å². The number of carbonyl (C=O) groups is 1. The summed E-state index contributed by atoms with van der Waals surface area (Å²) < 4.78 is 13.5. The van der Waals surface area contributed by atoms with E-state index in [9.17, 15) is 9.18 Å². The lowest BCUT2D eigenvalue weighted by Gasteiger charge is -2.29. The molecule has 0 radical (unpaired) electrons. The third-order valence-corrected chi connectivity index (χ3v) is 3.96. The van der Waals surface area contributed by atoms with Crippen molar-refractivity contribution < 1.29 is 9.18 Å². The number of rotatable bonds is 4. The molecule has 1 N–H and O–H groups in total. The van der Waals surface area contributed by atoms with Gasteiger partial charge in [0.15, 0.2) is 0 Å². The third kappa shape index (κ3) is 3.17. The average Bonchev–Trinajstić information content (AvgIpc) is 2.56. The summed E-state index contributed by atoms with van der Waals surface area (Å²) >= 11 is 0. The smallest absolute Gasteiger partial charge is 0.240 e. The fourth-order valence-corrected chi connectivity index (χ4v) is 2.83. The predicted octanol–water partition coefficient (Wildman–Crippen LogP) is 2.89. The Morgan fingerprint density at radius 3 is 2.77 bits per heavy atom. The predicted molar refractivity (Wildman–Crippen MR) is 85.2 cm³/mol. The van der Waals surface area contributed by atoms with Crippen molar-refractivity contribution in [2.24, 2.45) is 0 Å².